The maximum atomic E-state index is 9.93. The van der Waals surface area contributed by atoms with Gasteiger partial charge < -0.3 is 15.3 Å². The van der Waals surface area contributed by atoms with E-state index in [2.05, 4.69) is 46.6 Å². The zero-order valence-electron chi connectivity index (χ0n) is 14.8. The number of hydrogen-bond donors (Lipinski definition) is 2. The molecule has 2 N–H and O–H groups in total. The second-order valence-electron chi connectivity index (χ2n) is 6.23. The van der Waals surface area contributed by atoms with Gasteiger partial charge in [-0.1, -0.05) is 42.5 Å². The third kappa shape index (κ3) is 3.93. The van der Waals surface area contributed by atoms with Crippen LogP contribution in [0.4, 0.5) is 28.4 Å². The molecule has 0 spiro atoms. The van der Waals surface area contributed by atoms with Crippen LogP contribution in [-0.2, 0) is 0 Å². The lowest BCUT2D eigenvalue weighted by atomic mass is 10.1. The van der Waals surface area contributed by atoms with Crippen molar-refractivity contribution in [2.24, 2.45) is 0 Å². The van der Waals surface area contributed by atoms with E-state index >= 15 is 0 Å². The van der Waals surface area contributed by atoms with Crippen LogP contribution in [0.2, 0.25) is 0 Å². The maximum Gasteiger partial charge on any atom is 0.117 e. The Morgan fingerprint density at radius 1 is 0.519 bits per heavy atom. The quantitative estimate of drug-likeness (QED) is 0.424. The highest BCUT2D eigenvalue weighted by atomic mass is 16.3. The molecule has 0 aliphatic carbocycles. The highest BCUT2D eigenvalue weighted by Gasteiger charge is 2.12. The van der Waals surface area contributed by atoms with Gasteiger partial charge in [-0.3, -0.25) is 0 Å². The van der Waals surface area contributed by atoms with Gasteiger partial charge in [0.15, 0.2) is 0 Å². The lowest BCUT2D eigenvalue weighted by Gasteiger charge is -2.25. The predicted molar refractivity (Wildman–Crippen MR) is 113 cm³/mol. The van der Waals surface area contributed by atoms with Crippen LogP contribution in [0, 0.1) is 0 Å². The van der Waals surface area contributed by atoms with Crippen molar-refractivity contribution in [1.29, 1.82) is 0 Å². The number of anilines is 5. The fourth-order valence-corrected chi connectivity index (χ4v) is 3.04. The number of aromatic hydroxyl groups is 1. The molecule has 0 aliphatic rings. The first-order valence-electron chi connectivity index (χ1n) is 8.86. The van der Waals surface area contributed by atoms with Gasteiger partial charge in [0.05, 0.1) is 0 Å². The van der Waals surface area contributed by atoms with E-state index < -0.39 is 0 Å². The van der Waals surface area contributed by atoms with Crippen LogP contribution in [0.5, 0.6) is 5.75 Å². The standard InChI is InChI=1S/C24H20N2O/c27-24-13-7-12-23(18-24)26(21-10-5-2-6-11-21)22-16-14-20(15-17-22)25-19-8-3-1-4-9-19/h1-18,25,27H. The van der Waals surface area contributed by atoms with Crippen LogP contribution in [-0.4, -0.2) is 5.11 Å². The number of para-hydroxylation sites is 2. The van der Waals surface area contributed by atoms with Gasteiger partial charge in [-0.15, -0.1) is 0 Å². The molecule has 0 saturated carbocycles. The van der Waals surface area contributed by atoms with Crippen molar-refractivity contribution in [3.8, 4) is 5.75 Å². The molecule has 3 nitrogen and oxygen atoms in total. The van der Waals surface area contributed by atoms with Crippen molar-refractivity contribution in [3.05, 3.63) is 109 Å². The van der Waals surface area contributed by atoms with E-state index in [0.29, 0.717) is 0 Å². The van der Waals surface area contributed by atoms with Crippen molar-refractivity contribution >= 4 is 28.4 Å². The van der Waals surface area contributed by atoms with E-state index in [4.69, 9.17) is 0 Å². The molecule has 0 aromatic heterocycles. The van der Waals surface area contributed by atoms with Gasteiger partial charge in [-0.25, -0.2) is 0 Å². The molecule has 0 atom stereocenters. The van der Waals surface area contributed by atoms with Gasteiger partial charge in [0.1, 0.15) is 5.75 Å². The summed E-state index contributed by atoms with van der Waals surface area (Å²) in [6, 6.07) is 35.8. The topological polar surface area (TPSA) is 35.5 Å². The number of phenols is 1. The number of phenolic OH excluding ortho intramolecular Hbond substituents is 1. The van der Waals surface area contributed by atoms with Gasteiger partial charge in [0.25, 0.3) is 0 Å². The molecule has 27 heavy (non-hydrogen) atoms. The average Bonchev–Trinajstić information content (AvgIpc) is 2.71. The highest BCUT2D eigenvalue weighted by molar-refractivity contribution is 5.78. The third-order valence-corrected chi connectivity index (χ3v) is 4.29. The summed E-state index contributed by atoms with van der Waals surface area (Å²) in [4.78, 5) is 2.12. The Balaban J connectivity index is 1.68. The van der Waals surface area contributed by atoms with Crippen molar-refractivity contribution < 1.29 is 5.11 Å². The zero-order chi connectivity index (χ0) is 18.5. The van der Waals surface area contributed by atoms with Crippen LogP contribution in [0.1, 0.15) is 0 Å². The molecule has 0 radical (unpaired) electrons. The maximum absolute atomic E-state index is 9.93. The SMILES string of the molecule is Oc1cccc(N(c2ccccc2)c2ccc(Nc3ccccc3)cc2)c1. The molecule has 0 aliphatic heterocycles. The number of benzene rings is 4. The second-order valence-corrected chi connectivity index (χ2v) is 6.23. The Labute approximate surface area is 159 Å². The molecule has 0 fully saturated rings. The summed E-state index contributed by atoms with van der Waals surface area (Å²) in [5.41, 5.74) is 5.04. The summed E-state index contributed by atoms with van der Waals surface area (Å²) in [7, 11) is 0. The van der Waals surface area contributed by atoms with E-state index in [1.165, 1.54) is 0 Å². The Morgan fingerprint density at radius 2 is 1.07 bits per heavy atom. The molecule has 4 aromatic carbocycles. The van der Waals surface area contributed by atoms with E-state index in [0.717, 1.165) is 28.4 Å². The van der Waals surface area contributed by atoms with E-state index in [-0.39, 0.29) is 5.75 Å². The monoisotopic (exact) mass is 352 g/mol. The lowest BCUT2D eigenvalue weighted by molar-refractivity contribution is 0.475. The third-order valence-electron chi connectivity index (χ3n) is 4.29. The van der Waals surface area contributed by atoms with E-state index in [1.54, 1.807) is 12.1 Å². The molecule has 0 amide bonds. The smallest absolute Gasteiger partial charge is 0.117 e. The van der Waals surface area contributed by atoms with Crippen LogP contribution in [0.25, 0.3) is 0 Å². The molecule has 0 heterocycles. The Hall–Kier alpha value is -3.72. The minimum Gasteiger partial charge on any atom is -0.508 e. The lowest BCUT2D eigenvalue weighted by Crippen LogP contribution is -2.09. The Morgan fingerprint density at radius 3 is 1.74 bits per heavy atom. The van der Waals surface area contributed by atoms with Gasteiger partial charge in [-0.2, -0.15) is 0 Å². The van der Waals surface area contributed by atoms with Crippen LogP contribution in [0.15, 0.2) is 109 Å². The summed E-state index contributed by atoms with van der Waals surface area (Å²) < 4.78 is 0. The van der Waals surface area contributed by atoms with Crippen molar-refractivity contribution in [2.45, 2.75) is 0 Å². The Kier molecular flexibility index (Phi) is 4.75. The summed E-state index contributed by atoms with van der Waals surface area (Å²) in [6.45, 7) is 0. The molecule has 132 valence electrons. The highest BCUT2D eigenvalue weighted by Crippen LogP contribution is 2.36. The van der Waals surface area contributed by atoms with Crippen LogP contribution in [0.3, 0.4) is 0 Å². The van der Waals surface area contributed by atoms with Gasteiger partial charge in [0.2, 0.25) is 0 Å². The fraction of sp³-hybridized carbons (Fsp3) is 0. The summed E-state index contributed by atoms with van der Waals surface area (Å²) in [5.74, 6) is 0.246. The van der Waals surface area contributed by atoms with Gasteiger partial charge in [-0.05, 0) is 60.7 Å². The van der Waals surface area contributed by atoms with Gasteiger partial charge >= 0.3 is 0 Å². The molecule has 0 unspecified atom stereocenters. The van der Waals surface area contributed by atoms with Crippen molar-refractivity contribution in [3.63, 3.8) is 0 Å². The largest absolute Gasteiger partial charge is 0.508 e. The first-order chi connectivity index (χ1) is 13.3. The normalized spacial score (nSPS) is 10.4. The molecular formula is C24H20N2O. The zero-order valence-corrected chi connectivity index (χ0v) is 14.8. The molecule has 4 aromatic rings. The first kappa shape index (κ1) is 16.7. The van der Waals surface area contributed by atoms with Crippen molar-refractivity contribution in [1.82, 2.24) is 0 Å². The summed E-state index contributed by atoms with van der Waals surface area (Å²) >= 11 is 0. The predicted octanol–water partition coefficient (Wildman–Crippen LogP) is 6.61. The minimum absolute atomic E-state index is 0.246. The average molecular weight is 352 g/mol. The molecule has 4 rings (SSSR count). The van der Waals surface area contributed by atoms with E-state index in [9.17, 15) is 5.11 Å². The van der Waals surface area contributed by atoms with Crippen molar-refractivity contribution in [2.75, 3.05) is 10.2 Å². The minimum atomic E-state index is 0.246. The second kappa shape index (κ2) is 7.67. The first-order valence-corrected chi connectivity index (χ1v) is 8.86. The Bertz CT molecular complexity index is 999. The number of nitrogens with one attached hydrogen (secondary N) is 1. The fourth-order valence-electron chi connectivity index (χ4n) is 3.04. The van der Waals surface area contributed by atoms with Gasteiger partial charge in [0, 0.05) is 34.5 Å². The molecular weight excluding hydrogens is 332 g/mol. The van der Waals surface area contributed by atoms with E-state index in [1.807, 2.05) is 60.7 Å². The number of nitrogens with zero attached hydrogens (tertiary/aromatic N) is 1. The van der Waals surface area contributed by atoms with Crippen LogP contribution < -0.4 is 10.2 Å². The number of hydrogen-bond acceptors (Lipinski definition) is 3. The summed E-state index contributed by atoms with van der Waals surface area (Å²) in [6.07, 6.45) is 0. The number of rotatable bonds is 5. The molecule has 0 saturated heterocycles. The molecule has 0 bridgehead atoms. The molecule has 3 heteroatoms. The van der Waals surface area contributed by atoms with Crippen LogP contribution >= 0.6 is 0 Å². The summed E-state index contributed by atoms with van der Waals surface area (Å²) in [5, 5.41) is 13.3.